The smallest absolute Gasteiger partial charge is 0.240 e. The first-order valence-electron chi connectivity index (χ1n) is 4.39. The van der Waals surface area contributed by atoms with E-state index in [0.717, 1.165) is 5.56 Å². The molecule has 0 unspecified atom stereocenters. The van der Waals surface area contributed by atoms with Crippen molar-refractivity contribution in [2.45, 2.75) is 18.4 Å². The van der Waals surface area contributed by atoms with Crippen LogP contribution in [0.25, 0.3) is 0 Å². The van der Waals surface area contributed by atoms with Crippen molar-refractivity contribution in [3.63, 3.8) is 0 Å². The first-order valence-corrected chi connectivity index (χ1v) is 5.87. The third-order valence-electron chi connectivity index (χ3n) is 1.80. The molecule has 1 aromatic rings. The van der Waals surface area contributed by atoms with E-state index >= 15 is 0 Å². The summed E-state index contributed by atoms with van der Waals surface area (Å²) >= 11 is 0. The van der Waals surface area contributed by atoms with Gasteiger partial charge in [0.25, 0.3) is 0 Å². The fraction of sp³-hybridized carbons (Fsp3) is 0.333. The van der Waals surface area contributed by atoms with Gasteiger partial charge in [-0.3, -0.25) is 0 Å². The molecule has 0 atom stereocenters. The van der Waals surface area contributed by atoms with Gasteiger partial charge >= 0.3 is 0 Å². The molecule has 0 amide bonds. The van der Waals surface area contributed by atoms with E-state index in [1.54, 1.807) is 31.2 Å². The highest BCUT2D eigenvalue weighted by atomic mass is 32.2. The van der Waals surface area contributed by atoms with Crippen LogP contribution in [0.4, 0.5) is 0 Å². The van der Waals surface area contributed by atoms with E-state index in [0.29, 0.717) is 13.1 Å². The lowest BCUT2D eigenvalue weighted by molar-refractivity contribution is 0.584. The maximum atomic E-state index is 11.5. The zero-order valence-electron chi connectivity index (χ0n) is 8.03. The predicted molar refractivity (Wildman–Crippen MR) is 55.2 cm³/mol. The second-order valence-electron chi connectivity index (χ2n) is 2.85. The highest BCUT2D eigenvalue weighted by Crippen LogP contribution is 2.09. The third kappa shape index (κ3) is 2.54. The van der Waals surface area contributed by atoms with Crippen LogP contribution in [0.3, 0.4) is 0 Å². The molecule has 5 heteroatoms. The van der Waals surface area contributed by atoms with Crippen molar-refractivity contribution in [1.82, 2.24) is 4.72 Å². The van der Waals surface area contributed by atoms with E-state index in [2.05, 4.69) is 4.72 Å². The van der Waals surface area contributed by atoms with E-state index < -0.39 is 10.0 Å². The quantitative estimate of drug-likeness (QED) is 0.764. The molecule has 1 aromatic carbocycles. The van der Waals surface area contributed by atoms with E-state index in [1.807, 2.05) is 0 Å². The van der Waals surface area contributed by atoms with Crippen LogP contribution in [0.2, 0.25) is 0 Å². The molecule has 0 saturated heterocycles. The van der Waals surface area contributed by atoms with Crippen molar-refractivity contribution in [3.8, 4) is 0 Å². The van der Waals surface area contributed by atoms with Crippen molar-refractivity contribution in [2.75, 3.05) is 6.54 Å². The first kappa shape index (κ1) is 11.2. The highest BCUT2D eigenvalue weighted by molar-refractivity contribution is 7.89. The molecule has 0 aliphatic rings. The lowest BCUT2D eigenvalue weighted by Crippen LogP contribution is -2.23. The number of benzene rings is 1. The van der Waals surface area contributed by atoms with Crippen molar-refractivity contribution >= 4 is 10.0 Å². The van der Waals surface area contributed by atoms with Gasteiger partial charge in [-0.05, 0) is 17.7 Å². The Bertz CT molecular complexity index is 384. The Morgan fingerprint density at radius 3 is 2.29 bits per heavy atom. The summed E-state index contributed by atoms with van der Waals surface area (Å²) in [5, 5.41) is 0. The average Bonchev–Trinajstić information content (AvgIpc) is 2.18. The lowest BCUT2D eigenvalue weighted by atomic mass is 10.2. The molecule has 0 bridgehead atoms. The van der Waals surface area contributed by atoms with Crippen LogP contribution in [-0.2, 0) is 16.6 Å². The second kappa shape index (κ2) is 4.54. The van der Waals surface area contributed by atoms with Crippen LogP contribution < -0.4 is 10.5 Å². The molecule has 0 saturated carbocycles. The number of rotatable bonds is 4. The van der Waals surface area contributed by atoms with Crippen LogP contribution in [-0.4, -0.2) is 15.0 Å². The number of nitrogens with one attached hydrogen (secondary N) is 1. The first-order chi connectivity index (χ1) is 6.60. The van der Waals surface area contributed by atoms with Gasteiger partial charge in [-0.25, -0.2) is 13.1 Å². The van der Waals surface area contributed by atoms with E-state index in [9.17, 15) is 8.42 Å². The van der Waals surface area contributed by atoms with Crippen LogP contribution in [0, 0.1) is 0 Å². The molecular formula is C9H14N2O2S. The molecule has 0 aliphatic heterocycles. The molecule has 3 N–H and O–H groups in total. The minimum absolute atomic E-state index is 0.275. The summed E-state index contributed by atoms with van der Waals surface area (Å²) in [6.45, 7) is 2.55. The molecule has 0 fully saturated rings. The van der Waals surface area contributed by atoms with Gasteiger partial charge in [0.15, 0.2) is 0 Å². The molecule has 0 aliphatic carbocycles. The van der Waals surface area contributed by atoms with Crippen molar-refractivity contribution in [2.24, 2.45) is 5.73 Å². The fourth-order valence-corrected chi connectivity index (χ4v) is 2.12. The second-order valence-corrected chi connectivity index (χ2v) is 4.62. The predicted octanol–water partition coefficient (Wildman–Crippen LogP) is 0.443. The summed E-state index contributed by atoms with van der Waals surface area (Å²) in [5.41, 5.74) is 6.32. The number of hydrogen-bond donors (Lipinski definition) is 2. The Labute approximate surface area is 84.2 Å². The molecule has 0 spiro atoms. The molecule has 0 radical (unpaired) electrons. The molecule has 4 nitrogen and oxygen atoms in total. The van der Waals surface area contributed by atoms with Crippen LogP contribution in [0.5, 0.6) is 0 Å². The van der Waals surface area contributed by atoms with Gasteiger partial charge in [-0.2, -0.15) is 0 Å². The Morgan fingerprint density at radius 1 is 1.29 bits per heavy atom. The number of hydrogen-bond acceptors (Lipinski definition) is 3. The van der Waals surface area contributed by atoms with Gasteiger partial charge in [-0.1, -0.05) is 19.1 Å². The number of sulfonamides is 1. The summed E-state index contributed by atoms with van der Waals surface area (Å²) in [6.07, 6.45) is 0. The van der Waals surface area contributed by atoms with Crippen LogP contribution in [0.1, 0.15) is 12.5 Å². The maximum absolute atomic E-state index is 11.5. The van der Waals surface area contributed by atoms with Crippen molar-refractivity contribution in [3.05, 3.63) is 29.8 Å². The number of nitrogens with two attached hydrogens (primary N) is 1. The molecular weight excluding hydrogens is 200 g/mol. The maximum Gasteiger partial charge on any atom is 0.240 e. The van der Waals surface area contributed by atoms with Gasteiger partial charge in [0.2, 0.25) is 10.0 Å². The molecule has 0 heterocycles. The normalized spacial score (nSPS) is 11.6. The van der Waals surface area contributed by atoms with Crippen molar-refractivity contribution < 1.29 is 8.42 Å². The third-order valence-corrected chi connectivity index (χ3v) is 3.37. The van der Waals surface area contributed by atoms with E-state index in [-0.39, 0.29) is 4.90 Å². The summed E-state index contributed by atoms with van der Waals surface area (Å²) < 4.78 is 25.4. The zero-order chi connectivity index (χ0) is 10.6. The Morgan fingerprint density at radius 2 is 1.86 bits per heavy atom. The fourth-order valence-electron chi connectivity index (χ4n) is 1.08. The molecule has 78 valence electrons. The van der Waals surface area contributed by atoms with Crippen LogP contribution in [0.15, 0.2) is 29.2 Å². The largest absolute Gasteiger partial charge is 0.326 e. The monoisotopic (exact) mass is 214 g/mol. The Hall–Kier alpha value is -0.910. The van der Waals surface area contributed by atoms with Gasteiger partial charge in [-0.15, -0.1) is 0 Å². The highest BCUT2D eigenvalue weighted by Gasteiger charge is 2.11. The summed E-state index contributed by atoms with van der Waals surface area (Å²) in [6, 6.07) is 6.54. The summed E-state index contributed by atoms with van der Waals surface area (Å²) in [5.74, 6) is 0. The minimum Gasteiger partial charge on any atom is -0.326 e. The van der Waals surface area contributed by atoms with Gasteiger partial charge in [0.05, 0.1) is 4.90 Å². The van der Waals surface area contributed by atoms with Crippen LogP contribution >= 0.6 is 0 Å². The zero-order valence-corrected chi connectivity index (χ0v) is 8.84. The Balaban J connectivity index is 2.97. The molecule has 14 heavy (non-hydrogen) atoms. The van der Waals surface area contributed by atoms with Gasteiger partial charge in [0.1, 0.15) is 0 Å². The standard InChI is InChI=1S/C9H14N2O2S/c1-2-11-14(12,13)9-5-3-8(7-10)4-6-9/h3-6,11H,2,7,10H2,1H3. The topological polar surface area (TPSA) is 72.2 Å². The minimum atomic E-state index is -3.33. The Kier molecular flexibility index (Phi) is 3.62. The molecule has 1 rings (SSSR count). The van der Waals surface area contributed by atoms with E-state index in [1.165, 1.54) is 0 Å². The van der Waals surface area contributed by atoms with Gasteiger partial charge < -0.3 is 5.73 Å². The summed E-state index contributed by atoms with van der Waals surface area (Å²) in [4.78, 5) is 0.275. The average molecular weight is 214 g/mol. The molecule has 0 aromatic heterocycles. The summed E-state index contributed by atoms with van der Waals surface area (Å²) in [7, 11) is -3.33. The van der Waals surface area contributed by atoms with Crippen molar-refractivity contribution in [1.29, 1.82) is 0 Å². The van der Waals surface area contributed by atoms with Gasteiger partial charge in [0, 0.05) is 13.1 Å². The lowest BCUT2D eigenvalue weighted by Gasteiger charge is -2.04. The van der Waals surface area contributed by atoms with E-state index in [4.69, 9.17) is 5.73 Å². The SMILES string of the molecule is CCNS(=O)(=O)c1ccc(CN)cc1.